The minimum absolute atomic E-state index is 0.266. The molecule has 1 unspecified atom stereocenters. The Morgan fingerprint density at radius 2 is 1.89 bits per heavy atom. The van der Waals surface area contributed by atoms with Crippen molar-refractivity contribution in [1.82, 2.24) is 0 Å². The van der Waals surface area contributed by atoms with E-state index in [1.165, 1.54) is 11.6 Å². The van der Waals surface area contributed by atoms with Gasteiger partial charge in [-0.1, -0.05) is 30.7 Å². The molecule has 0 N–H and O–H groups in total. The van der Waals surface area contributed by atoms with Crippen LogP contribution in [0.25, 0.3) is 0 Å². The summed E-state index contributed by atoms with van der Waals surface area (Å²) in [6.07, 6.45) is 10.0. The predicted molar refractivity (Wildman–Crippen MR) is 77.4 cm³/mol. The molecule has 0 saturated carbocycles. The lowest BCUT2D eigenvalue weighted by atomic mass is 10.0. The van der Waals surface area contributed by atoms with Crippen LogP contribution in [-0.4, -0.2) is 12.6 Å². The number of rotatable bonds is 7. The number of hydrogen-bond donors (Lipinski definition) is 0. The van der Waals surface area contributed by atoms with Crippen LogP contribution < -0.4 is 0 Å². The molecule has 0 radical (unpaired) electrons. The highest BCUT2D eigenvalue weighted by molar-refractivity contribution is 5.83. The summed E-state index contributed by atoms with van der Waals surface area (Å²) in [6, 6.07) is 0. The second-order valence-corrected chi connectivity index (χ2v) is 4.90. The summed E-state index contributed by atoms with van der Waals surface area (Å²) in [4.78, 5) is 11.2. The maximum atomic E-state index is 11.2. The van der Waals surface area contributed by atoms with Gasteiger partial charge in [0, 0.05) is 6.08 Å². The van der Waals surface area contributed by atoms with Crippen molar-refractivity contribution in [2.45, 2.75) is 47.5 Å². The van der Waals surface area contributed by atoms with Crippen LogP contribution in [-0.2, 0) is 9.53 Å². The number of carbonyl (C=O) groups is 1. The van der Waals surface area contributed by atoms with Crippen LogP contribution in [0.3, 0.4) is 0 Å². The second kappa shape index (κ2) is 9.69. The van der Waals surface area contributed by atoms with Crippen molar-refractivity contribution in [3.8, 4) is 0 Å². The van der Waals surface area contributed by atoms with Crippen LogP contribution >= 0.6 is 0 Å². The molecule has 2 heteroatoms. The van der Waals surface area contributed by atoms with Gasteiger partial charge in [-0.05, 0) is 52.0 Å². The molecule has 0 heterocycles. The topological polar surface area (TPSA) is 26.3 Å². The minimum Gasteiger partial charge on any atom is -0.463 e. The quantitative estimate of drug-likeness (QED) is 0.289. The van der Waals surface area contributed by atoms with Crippen molar-refractivity contribution in [1.29, 1.82) is 0 Å². The van der Waals surface area contributed by atoms with Crippen molar-refractivity contribution in [2.75, 3.05) is 6.61 Å². The predicted octanol–water partition coefficient (Wildman–Crippen LogP) is 4.43. The summed E-state index contributed by atoms with van der Waals surface area (Å²) in [5.41, 5.74) is 2.30. The van der Waals surface area contributed by atoms with E-state index in [0.29, 0.717) is 12.5 Å². The summed E-state index contributed by atoms with van der Waals surface area (Å²) >= 11 is 0. The molecule has 0 bridgehead atoms. The van der Waals surface area contributed by atoms with Gasteiger partial charge in [0.1, 0.15) is 0 Å². The van der Waals surface area contributed by atoms with Crippen LogP contribution in [0.4, 0.5) is 0 Å². The summed E-state index contributed by atoms with van der Waals surface area (Å²) in [5, 5.41) is 0. The molecule has 0 aliphatic heterocycles. The van der Waals surface area contributed by atoms with Crippen LogP contribution in [0.1, 0.15) is 47.5 Å². The van der Waals surface area contributed by atoms with E-state index < -0.39 is 0 Å². The fourth-order valence-electron chi connectivity index (χ4n) is 1.44. The number of allylic oxidation sites excluding steroid dienone is 5. The molecule has 0 aliphatic rings. The lowest BCUT2D eigenvalue weighted by Crippen LogP contribution is -1.99. The summed E-state index contributed by atoms with van der Waals surface area (Å²) < 4.78 is 4.85. The Labute approximate surface area is 111 Å². The van der Waals surface area contributed by atoms with Crippen molar-refractivity contribution in [2.24, 2.45) is 5.92 Å². The first-order valence-electron chi connectivity index (χ1n) is 6.60. The lowest BCUT2D eigenvalue weighted by molar-refractivity contribution is -0.137. The normalized spacial score (nSPS) is 13.5. The van der Waals surface area contributed by atoms with E-state index in [1.807, 2.05) is 19.9 Å². The van der Waals surface area contributed by atoms with Gasteiger partial charge in [0.25, 0.3) is 0 Å². The number of ether oxygens (including phenoxy) is 1. The van der Waals surface area contributed by atoms with Crippen LogP contribution in [0.2, 0.25) is 0 Å². The van der Waals surface area contributed by atoms with Crippen molar-refractivity contribution < 1.29 is 9.53 Å². The monoisotopic (exact) mass is 250 g/mol. The van der Waals surface area contributed by atoms with Gasteiger partial charge in [-0.15, -0.1) is 0 Å². The first-order valence-corrected chi connectivity index (χ1v) is 6.60. The largest absolute Gasteiger partial charge is 0.463 e. The first-order chi connectivity index (χ1) is 8.45. The van der Waals surface area contributed by atoms with Gasteiger partial charge in [-0.3, -0.25) is 0 Å². The lowest BCUT2D eigenvalue weighted by Gasteiger charge is -2.04. The number of esters is 1. The average molecular weight is 250 g/mol. The molecule has 0 aliphatic carbocycles. The Kier molecular flexibility index (Phi) is 8.99. The molecule has 1 atom stereocenters. The molecule has 0 saturated heterocycles. The van der Waals surface area contributed by atoms with E-state index in [-0.39, 0.29) is 5.97 Å². The molecule has 102 valence electrons. The van der Waals surface area contributed by atoms with E-state index in [9.17, 15) is 4.79 Å². The van der Waals surface area contributed by atoms with Gasteiger partial charge in [0.2, 0.25) is 0 Å². The highest BCUT2D eigenvalue weighted by atomic mass is 16.5. The zero-order valence-electron chi connectivity index (χ0n) is 12.3. The van der Waals surface area contributed by atoms with Gasteiger partial charge >= 0.3 is 5.97 Å². The Morgan fingerprint density at radius 3 is 2.44 bits per heavy atom. The summed E-state index contributed by atoms with van der Waals surface area (Å²) in [7, 11) is 0. The Balaban J connectivity index is 4.08. The molecular formula is C16H26O2. The van der Waals surface area contributed by atoms with E-state index in [4.69, 9.17) is 4.74 Å². The van der Waals surface area contributed by atoms with Crippen LogP contribution in [0, 0.1) is 5.92 Å². The van der Waals surface area contributed by atoms with Crippen molar-refractivity contribution in [3.05, 3.63) is 35.5 Å². The number of hydrogen-bond acceptors (Lipinski definition) is 2. The molecule has 0 aromatic heterocycles. The maximum absolute atomic E-state index is 11.2. The Hall–Kier alpha value is -1.31. The van der Waals surface area contributed by atoms with Gasteiger partial charge in [0.15, 0.2) is 0 Å². The van der Waals surface area contributed by atoms with Crippen LogP contribution in [0.5, 0.6) is 0 Å². The van der Waals surface area contributed by atoms with E-state index in [2.05, 4.69) is 32.9 Å². The fraction of sp³-hybridized carbons (Fsp3) is 0.562. The summed E-state index contributed by atoms with van der Waals surface area (Å²) in [5.74, 6) is 0.365. The molecule has 18 heavy (non-hydrogen) atoms. The zero-order valence-corrected chi connectivity index (χ0v) is 12.3. The smallest absolute Gasteiger partial charge is 0.330 e. The standard InChI is InChI=1S/C16H26O2/c1-6-18-16(17)12-15(5)9-7-8-14(4)11-10-13(2)3/h7,9-10,12,14H,6,8,11H2,1-5H3. The van der Waals surface area contributed by atoms with E-state index >= 15 is 0 Å². The Bertz CT molecular complexity index is 331. The SMILES string of the molecule is CCOC(=O)C=C(C)C=CCC(C)CC=C(C)C. The highest BCUT2D eigenvalue weighted by Crippen LogP contribution is 2.11. The van der Waals surface area contributed by atoms with E-state index in [1.54, 1.807) is 0 Å². The molecule has 0 fully saturated rings. The molecule has 0 aromatic carbocycles. The number of carbonyl (C=O) groups excluding carboxylic acids is 1. The van der Waals surface area contributed by atoms with Crippen molar-refractivity contribution in [3.63, 3.8) is 0 Å². The van der Waals surface area contributed by atoms with Crippen molar-refractivity contribution >= 4 is 5.97 Å². The second-order valence-electron chi connectivity index (χ2n) is 4.90. The third kappa shape index (κ3) is 9.88. The Morgan fingerprint density at radius 1 is 1.22 bits per heavy atom. The molecular weight excluding hydrogens is 224 g/mol. The van der Waals surface area contributed by atoms with Crippen LogP contribution in [0.15, 0.2) is 35.5 Å². The molecule has 2 nitrogen and oxygen atoms in total. The first kappa shape index (κ1) is 16.7. The van der Waals surface area contributed by atoms with Gasteiger partial charge in [-0.25, -0.2) is 4.79 Å². The summed E-state index contributed by atoms with van der Waals surface area (Å²) in [6.45, 7) is 10.6. The van der Waals surface area contributed by atoms with Gasteiger partial charge < -0.3 is 4.74 Å². The van der Waals surface area contributed by atoms with Gasteiger partial charge in [-0.2, -0.15) is 0 Å². The molecule has 0 rings (SSSR count). The molecule has 0 spiro atoms. The zero-order chi connectivity index (χ0) is 14.0. The van der Waals surface area contributed by atoms with E-state index in [0.717, 1.165) is 18.4 Å². The third-order valence-corrected chi connectivity index (χ3v) is 2.48. The average Bonchev–Trinajstić information content (AvgIpc) is 2.26. The highest BCUT2D eigenvalue weighted by Gasteiger charge is 1.98. The molecule has 0 amide bonds. The minimum atomic E-state index is -0.266. The third-order valence-electron chi connectivity index (χ3n) is 2.48. The fourth-order valence-corrected chi connectivity index (χ4v) is 1.44. The van der Waals surface area contributed by atoms with Gasteiger partial charge in [0.05, 0.1) is 6.61 Å². The maximum Gasteiger partial charge on any atom is 0.330 e. The molecule has 0 aromatic rings.